The van der Waals surface area contributed by atoms with E-state index in [4.69, 9.17) is 14.4 Å². The lowest BCUT2D eigenvalue weighted by Crippen LogP contribution is -1.81. The predicted octanol–water partition coefficient (Wildman–Crippen LogP) is 1.56. The third-order valence-electron chi connectivity index (χ3n) is 1.19. The lowest BCUT2D eigenvalue weighted by Gasteiger charge is -1.86. The molecule has 0 saturated carbocycles. The van der Waals surface area contributed by atoms with Gasteiger partial charge in [0.25, 0.3) is 0 Å². The molecule has 0 radical (unpaired) electrons. The van der Waals surface area contributed by atoms with E-state index in [9.17, 15) is 10.1 Å². The maximum atomic E-state index is 9.89. The Labute approximate surface area is 86.6 Å². The van der Waals surface area contributed by atoms with E-state index in [1.54, 1.807) is 12.1 Å². The molecule has 0 unspecified atom stereocenters. The van der Waals surface area contributed by atoms with Crippen LogP contribution in [0.1, 0.15) is 5.56 Å². The lowest BCUT2D eigenvalue weighted by atomic mass is 10.2. The molecular formula is C8H9NO5P+. The van der Waals surface area contributed by atoms with Gasteiger partial charge in [0.1, 0.15) is 0 Å². The summed E-state index contributed by atoms with van der Waals surface area (Å²) in [5.41, 5.74) is 0.837. The van der Waals surface area contributed by atoms with Gasteiger partial charge in [-0.05, 0) is 5.56 Å². The Morgan fingerprint density at radius 3 is 2.13 bits per heavy atom. The minimum absolute atomic E-state index is 0.479. The maximum Gasteiger partial charge on any atom is 0.692 e. The standard InChI is InChI=1S/C8H7NO2.HO3P/c10-9(11)7-6-8-4-2-1-3-5-8;1-4(2)3/h1-7H;(H-,1,2,3)/p+1. The second-order valence-electron chi connectivity index (χ2n) is 2.26. The van der Waals surface area contributed by atoms with E-state index >= 15 is 0 Å². The smallest absolute Gasteiger partial charge is 0.259 e. The highest BCUT2D eigenvalue weighted by molar-refractivity contribution is 7.30. The molecule has 0 saturated heterocycles. The van der Waals surface area contributed by atoms with Gasteiger partial charge in [0.15, 0.2) is 0 Å². The third-order valence-corrected chi connectivity index (χ3v) is 1.19. The van der Waals surface area contributed by atoms with E-state index in [0.717, 1.165) is 11.8 Å². The molecule has 0 aliphatic rings. The molecule has 0 aliphatic carbocycles. The van der Waals surface area contributed by atoms with E-state index < -0.39 is 13.2 Å². The Bertz CT molecular complexity index is 347. The number of nitro groups is 1. The monoisotopic (exact) mass is 230 g/mol. The average Bonchev–Trinajstić information content (AvgIpc) is 2.15. The summed E-state index contributed by atoms with van der Waals surface area (Å²) in [4.78, 5) is 23.7. The van der Waals surface area contributed by atoms with Gasteiger partial charge in [-0.15, -0.1) is 9.79 Å². The molecule has 1 rings (SSSR count). The van der Waals surface area contributed by atoms with Gasteiger partial charge in [-0.3, -0.25) is 10.1 Å². The van der Waals surface area contributed by atoms with Gasteiger partial charge in [-0.25, -0.2) is 0 Å². The SMILES string of the molecule is O=[N+]([O-])C=Cc1ccccc1.O=[P+](O)O. The van der Waals surface area contributed by atoms with Crippen molar-refractivity contribution in [1.29, 1.82) is 0 Å². The van der Waals surface area contributed by atoms with Gasteiger partial charge in [0.2, 0.25) is 6.20 Å². The second-order valence-corrected chi connectivity index (χ2v) is 2.77. The zero-order valence-electron chi connectivity index (χ0n) is 7.56. The molecule has 7 heteroatoms. The van der Waals surface area contributed by atoms with Crippen LogP contribution in [0.5, 0.6) is 0 Å². The van der Waals surface area contributed by atoms with Gasteiger partial charge in [-0.2, -0.15) is 0 Å². The number of nitrogens with zero attached hydrogens (tertiary/aromatic N) is 1. The Hall–Kier alpha value is -1.62. The van der Waals surface area contributed by atoms with Crippen LogP contribution in [0.2, 0.25) is 0 Å². The number of hydrogen-bond acceptors (Lipinski definition) is 3. The third kappa shape index (κ3) is 10.3. The number of rotatable bonds is 2. The van der Waals surface area contributed by atoms with Gasteiger partial charge in [0.05, 0.1) is 4.92 Å². The van der Waals surface area contributed by atoms with E-state index in [1.807, 2.05) is 18.2 Å². The first-order valence-corrected chi connectivity index (χ1v) is 4.90. The predicted molar refractivity (Wildman–Crippen MR) is 54.5 cm³/mol. The Balaban J connectivity index is 0.000000423. The van der Waals surface area contributed by atoms with Crippen LogP contribution in [0.3, 0.4) is 0 Å². The van der Waals surface area contributed by atoms with Crippen LogP contribution in [-0.2, 0) is 4.57 Å². The highest BCUT2D eigenvalue weighted by atomic mass is 31.1. The molecule has 6 nitrogen and oxygen atoms in total. The summed E-state index contributed by atoms with van der Waals surface area (Å²) >= 11 is 0. The number of hydrogen-bond donors (Lipinski definition) is 2. The van der Waals surface area contributed by atoms with Gasteiger partial charge >= 0.3 is 8.25 Å². The summed E-state index contributed by atoms with van der Waals surface area (Å²) < 4.78 is 8.70. The summed E-state index contributed by atoms with van der Waals surface area (Å²) in [7, 11) is -2.87. The van der Waals surface area contributed by atoms with Crippen LogP contribution in [0, 0.1) is 10.1 Å². The zero-order chi connectivity index (χ0) is 11.7. The Morgan fingerprint density at radius 1 is 1.27 bits per heavy atom. The summed E-state index contributed by atoms with van der Waals surface area (Å²) in [6, 6.07) is 9.14. The lowest BCUT2D eigenvalue weighted by molar-refractivity contribution is -0.400. The molecule has 0 aliphatic heterocycles. The van der Waals surface area contributed by atoms with Gasteiger partial charge in [-0.1, -0.05) is 30.3 Å². The molecule has 0 bridgehead atoms. The minimum atomic E-state index is -2.87. The van der Waals surface area contributed by atoms with Crippen molar-refractivity contribution < 1.29 is 19.3 Å². The van der Waals surface area contributed by atoms with Crippen LogP contribution in [-0.4, -0.2) is 14.7 Å². The van der Waals surface area contributed by atoms with Gasteiger partial charge in [0, 0.05) is 10.6 Å². The number of benzene rings is 1. The molecule has 0 aromatic heterocycles. The topological polar surface area (TPSA) is 101 Å². The first-order valence-electron chi connectivity index (χ1n) is 3.74. The molecule has 15 heavy (non-hydrogen) atoms. The summed E-state index contributed by atoms with van der Waals surface area (Å²) in [6.45, 7) is 0. The van der Waals surface area contributed by atoms with Crippen LogP contribution in [0.15, 0.2) is 36.5 Å². The molecule has 1 aromatic carbocycles. The van der Waals surface area contributed by atoms with Crippen molar-refractivity contribution in [3.8, 4) is 0 Å². The van der Waals surface area contributed by atoms with Crippen molar-refractivity contribution in [1.82, 2.24) is 0 Å². The molecule has 80 valence electrons. The van der Waals surface area contributed by atoms with Crippen molar-refractivity contribution in [2.45, 2.75) is 0 Å². The molecule has 1 aromatic rings. The van der Waals surface area contributed by atoms with Crippen molar-refractivity contribution in [3.05, 3.63) is 52.2 Å². The van der Waals surface area contributed by atoms with E-state index in [-0.39, 0.29) is 0 Å². The van der Waals surface area contributed by atoms with Crippen LogP contribution in [0.4, 0.5) is 0 Å². The van der Waals surface area contributed by atoms with E-state index in [2.05, 4.69) is 0 Å². The molecule has 0 fully saturated rings. The molecule has 0 atom stereocenters. The van der Waals surface area contributed by atoms with Crippen LogP contribution in [0.25, 0.3) is 6.08 Å². The van der Waals surface area contributed by atoms with Crippen molar-refractivity contribution in [2.24, 2.45) is 0 Å². The fourth-order valence-corrected chi connectivity index (χ4v) is 0.711. The highest BCUT2D eigenvalue weighted by Gasteiger charge is 1.93. The summed E-state index contributed by atoms with van der Waals surface area (Å²) in [5.74, 6) is 0. The second kappa shape index (κ2) is 7.75. The quantitative estimate of drug-likeness (QED) is 0.456. The maximum absolute atomic E-state index is 9.89. The van der Waals surface area contributed by atoms with Crippen molar-refractivity contribution in [3.63, 3.8) is 0 Å². The molecule has 0 amide bonds. The molecule has 2 N–H and O–H groups in total. The summed E-state index contributed by atoms with van der Waals surface area (Å²) in [5, 5.41) is 9.89. The fourth-order valence-electron chi connectivity index (χ4n) is 0.711. The highest BCUT2D eigenvalue weighted by Crippen LogP contribution is 2.00. The van der Waals surface area contributed by atoms with E-state index in [0.29, 0.717) is 0 Å². The molecule has 0 heterocycles. The Morgan fingerprint density at radius 2 is 1.73 bits per heavy atom. The summed E-state index contributed by atoms with van der Waals surface area (Å²) in [6.07, 6.45) is 2.38. The van der Waals surface area contributed by atoms with Crippen LogP contribution >= 0.6 is 8.25 Å². The fraction of sp³-hybridized carbons (Fsp3) is 0. The van der Waals surface area contributed by atoms with Crippen molar-refractivity contribution in [2.75, 3.05) is 0 Å². The average molecular weight is 230 g/mol. The first-order chi connectivity index (χ1) is 7.02. The molecular weight excluding hydrogens is 221 g/mol. The van der Waals surface area contributed by atoms with E-state index in [1.165, 1.54) is 6.08 Å². The Kier molecular flexibility index (Phi) is 6.92. The van der Waals surface area contributed by atoms with Gasteiger partial charge < -0.3 is 0 Å². The van der Waals surface area contributed by atoms with Crippen molar-refractivity contribution >= 4 is 14.3 Å². The minimum Gasteiger partial charge on any atom is -0.259 e. The first kappa shape index (κ1) is 13.4. The largest absolute Gasteiger partial charge is 0.692 e. The molecule has 0 spiro atoms. The zero-order valence-corrected chi connectivity index (χ0v) is 8.45. The normalized spacial score (nSPS) is 9.20. The van der Waals surface area contributed by atoms with Crippen LogP contribution < -0.4 is 0 Å².